The fourth-order valence-corrected chi connectivity index (χ4v) is 2.39. The minimum atomic E-state index is -3.61. The maximum Gasteiger partial charge on any atom is 0.266 e. The highest BCUT2D eigenvalue weighted by molar-refractivity contribution is 7.92. The van der Waals surface area contributed by atoms with Gasteiger partial charge in [0, 0.05) is 31.5 Å². The van der Waals surface area contributed by atoms with Crippen LogP contribution in [0.15, 0.2) is 29.6 Å². The third-order valence-corrected chi connectivity index (χ3v) is 3.68. The van der Waals surface area contributed by atoms with Gasteiger partial charge in [0.15, 0.2) is 5.82 Å². The summed E-state index contributed by atoms with van der Waals surface area (Å²) >= 11 is 0. The van der Waals surface area contributed by atoms with Gasteiger partial charge in [-0.1, -0.05) is 0 Å². The van der Waals surface area contributed by atoms with Gasteiger partial charge in [0.25, 0.3) is 10.0 Å². The van der Waals surface area contributed by atoms with Crippen LogP contribution in [0.25, 0.3) is 0 Å². The number of nitrogens with zero attached hydrogens (tertiary/aromatic N) is 4. The van der Waals surface area contributed by atoms with E-state index in [9.17, 15) is 8.42 Å². The molecule has 0 atom stereocenters. The van der Waals surface area contributed by atoms with Crippen molar-refractivity contribution in [3.8, 4) is 0 Å². The molecule has 2 aromatic rings. The highest BCUT2D eigenvalue weighted by Gasteiger charge is 2.17. The van der Waals surface area contributed by atoms with Gasteiger partial charge in [0.05, 0.1) is 6.20 Å². The monoisotopic (exact) mass is 269 g/mol. The molecular formula is C10H15N5O2S. The average Bonchev–Trinajstić information content (AvgIpc) is 2.86. The molecule has 0 bridgehead atoms. The number of rotatable bonds is 4. The lowest BCUT2D eigenvalue weighted by atomic mass is 10.4. The van der Waals surface area contributed by atoms with Crippen LogP contribution in [0.1, 0.15) is 19.9 Å². The molecule has 7 nitrogen and oxygen atoms in total. The molecule has 0 aliphatic heterocycles. The van der Waals surface area contributed by atoms with E-state index in [1.165, 1.54) is 17.1 Å². The average molecular weight is 269 g/mol. The Kier molecular flexibility index (Phi) is 3.12. The fraction of sp³-hybridized carbons (Fsp3) is 0.400. The molecule has 98 valence electrons. The van der Waals surface area contributed by atoms with E-state index in [4.69, 9.17) is 0 Å². The normalized spacial score (nSPS) is 12.0. The van der Waals surface area contributed by atoms with Crippen LogP contribution in [-0.2, 0) is 17.1 Å². The van der Waals surface area contributed by atoms with Crippen LogP contribution in [0.3, 0.4) is 0 Å². The smallest absolute Gasteiger partial charge is 0.266 e. The van der Waals surface area contributed by atoms with Crippen molar-refractivity contribution in [2.24, 2.45) is 7.05 Å². The molecule has 0 aliphatic carbocycles. The van der Waals surface area contributed by atoms with E-state index in [2.05, 4.69) is 14.9 Å². The van der Waals surface area contributed by atoms with Crippen molar-refractivity contribution in [1.29, 1.82) is 0 Å². The minimum Gasteiger partial charge on any atom is -0.274 e. The molecule has 2 heterocycles. The summed E-state index contributed by atoms with van der Waals surface area (Å²) in [6.45, 7) is 3.93. The van der Waals surface area contributed by atoms with Gasteiger partial charge >= 0.3 is 0 Å². The zero-order chi connectivity index (χ0) is 13.3. The van der Waals surface area contributed by atoms with E-state index in [1.807, 2.05) is 13.8 Å². The number of hydrogen-bond donors (Lipinski definition) is 1. The summed E-state index contributed by atoms with van der Waals surface area (Å²) in [5.74, 6) is 0.299. The number of hydrogen-bond acceptors (Lipinski definition) is 4. The maximum atomic E-state index is 12.0. The standard InChI is InChI=1S/C10H15N5O2S/c1-8(2)15-5-4-10(12-15)13-18(16,17)9-6-11-14(3)7-9/h4-8H,1-3H3,(H,12,13). The Morgan fingerprint density at radius 2 is 2.11 bits per heavy atom. The van der Waals surface area contributed by atoms with Crippen LogP contribution in [-0.4, -0.2) is 28.0 Å². The molecule has 8 heteroatoms. The first-order valence-corrected chi connectivity index (χ1v) is 6.93. The molecule has 0 fully saturated rings. The Labute approximate surface area is 105 Å². The number of aryl methyl sites for hydroxylation is 1. The second-order valence-corrected chi connectivity index (χ2v) is 5.91. The zero-order valence-electron chi connectivity index (χ0n) is 10.4. The molecule has 2 aromatic heterocycles. The van der Waals surface area contributed by atoms with E-state index in [-0.39, 0.29) is 10.9 Å². The molecule has 0 aliphatic rings. The van der Waals surface area contributed by atoms with Crippen LogP contribution >= 0.6 is 0 Å². The first kappa shape index (κ1) is 12.6. The summed E-state index contributed by atoms with van der Waals surface area (Å²) in [7, 11) is -1.95. The Morgan fingerprint density at radius 1 is 1.39 bits per heavy atom. The molecule has 0 unspecified atom stereocenters. The lowest BCUT2D eigenvalue weighted by molar-refractivity contribution is 0.534. The van der Waals surface area contributed by atoms with Gasteiger partial charge in [0.2, 0.25) is 0 Å². The first-order valence-electron chi connectivity index (χ1n) is 5.45. The molecule has 0 saturated carbocycles. The van der Waals surface area contributed by atoms with Crippen LogP contribution in [0, 0.1) is 0 Å². The van der Waals surface area contributed by atoms with Crippen molar-refractivity contribution < 1.29 is 8.42 Å². The van der Waals surface area contributed by atoms with E-state index in [0.717, 1.165) is 0 Å². The van der Waals surface area contributed by atoms with Crippen LogP contribution in [0.2, 0.25) is 0 Å². The number of aromatic nitrogens is 4. The Balaban J connectivity index is 2.22. The van der Waals surface area contributed by atoms with Crippen molar-refractivity contribution in [3.05, 3.63) is 24.7 Å². The van der Waals surface area contributed by atoms with Gasteiger partial charge in [0.1, 0.15) is 4.90 Å². The molecule has 0 aromatic carbocycles. The number of anilines is 1. The molecule has 0 saturated heterocycles. The van der Waals surface area contributed by atoms with Crippen molar-refractivity contribution >= 4 is 15.8 Å². The topological polar surface area (TPSA) is 81.8 Å². The molecule has 0 radical (unpaired) electrons. The molecule has 0 spiro atoms. The SMILES string of the molecule is CC(C)n1ccc(NS(=O)(=O)c2cnn(C)c2)n1. The van der Waals surface area contributed by atoms with Gasteiger partial charge in [-0.15, -0.1) is 0 Å². The summed E-state index contributed by atoms with van der Waals surface area (Å²) in [4.78, 5) is 0.115. The summed E-state index contributed by atoms with van der Waals surface area (Å²) in [5, 5.41) is 7.96. The van der Waals surface area contributed by atoms with Gasteiger partial charge in [-0.2, -0.15) is 10.2 Å². The van der Waals surface area contributed by atoms with Gasteiger partial charge in [-0.3, -0.25) is 14.1 Å². The van der Waals surface area contributed by atoms with Crippen LogP contribution in [0.4, 0.5) is 5.82 Å². The lowest BCUT2D eigenvalue weighted by Crippen LogP contribution is -2.13. The van der Waals surface area contributed by atoms with Gasteiger partial charge in [-0.25, -0.2) is 8.42 Å². The molecule has 0 amide bonds. The Hall–Kier alpha value is -1.83. The van der Waals surface area contributed by atoms with Crippen molar-refractivity contribution in [2.75, 3.05) is 4.72 Å². The minimum absolute atomic E-state index is 0.115. The van der Waals surface area contributed by atoms with Gasteiger partial charge < -0.3 is 0 Å². The van der Waals surface area contributed by atoms with E-state index < -0.39 is 10.0 Å². The number of nitrogens with one attached hydrogen (secondary N) is 1. The highest BCUT2D eigenvalue weighted by atomic mass is 32.2. The molecule has 2 rings (SSSR count). The van der Waals surface area contributed by atoms with Crippen LogP contribution < -0.4 is 4.72 Å². The number of sulfonamides is 1. The third-order valence-electron chi connectivity index (χ3n) is 2.37. The predicted molar refractivity (Wildman–Crippen MR) is 66.6 cm³/mol. The van der Waals surface area contributed by atoms with Crippen LogP contribution in [0.5, 0.6) is 0 Å². The lowest BCUT2D eigenvalue weighted by Gasteiger charge is -2.05. The van der Waals surface area contributed by atoms with E-state index >= 15 is 0 Å². The van der Waals surface area contributed by atoms with Gasteiger partial charge in [-0.05, 0) is 13.8 Å². The van der Waals surface area contributed by atoms with Crippen molar-refractivity contribution in [3.63, 3.8) is 0 Å². The second kappa shape index (κ2) is 4.45. The summed E-state index contributed by atoms with van der Waals surface area (Å²) in [5.41, 5.74) is 0. The first-order chi connectivity index (χ1) is 8.38. The highest BCUT2D eigenvalue weighted by Crippen LogP contribution is 2.14. The summed E-state index contributed by atoms with van der Waals surface area (Å²) < 4.78 is 29.5. The second-order valence-electron chi connectivity index (χ2n) is 4.23. The van der Waals surface area contributed by atoms with E-state index in [0.29, 0.717) is 5.82 Å². The fourth-order valence-electron chi connectivity index (χ4n) is 1.41. The Morgan fingerprint density at radius 3 is 2.61 bits per heavy atom. The summed E-state index contributed by atoms with van der Waals surface area (Å²) in [6, 6.07) is 1.80. The summed E-state index contributed by atoms with van der Waals surface area (Å²) in [6.07, 6.45) is 4.45. The molecule has 1 N–H and O–H groups in total. The predicted octanol–water partition coefficient (Wildman–Crippen LogP) is 0.998. The van der Waals surface area contributed by atoms with E-state index in [1.54, 1.807) is 24.0 Å². The zero-order valence-corrected chi connectivity index (χ0v) is 11.2. The molecular weight excluding hydrogens is 254 g/mol. The third kappa shape index (κ3) is 2.53. The van der Waals surface area contributed by atoms with Crippen molar-refractivity contribution in [1.82, 2.24) is 19.6 Å². The van der Waals surface area contributed by atoms with Crippen molar-refractivity contribution in [2.45, 2.75) is 24.8 Å². The maximum absolute atomic E-state index is 12.0. The largest absolute Gasteiger partial charge is 0.274 e. The quantitative estimate of drug-likeness (QED) is 0.897. The molecule has 18 heavy (non-hydrogen) atoms. The Bertz CT molecular complexity index is 641.